The maximum absolute atomic E-state index is 13.5. The van der Waals surface area contributed by atoms with Crippen molar-refractivity contribution in [3.05, 3.63) is 0 Å². The number of rotatable bonds is 26. The number of unbranched alkanes of at least 4 members (excludes halogenated alkanes) is 16. The van der Waals surface area contributed by atoms with Gasteiger partial charge in [-0.05, 0) is 12.8 Å². The third kappa shape index (κ3) is 19.3. The lowest BCUT2D eigenvalue weighted by Gasteiger charge is -2.25. The van der Waals surface area contributed by atoms with Gasteiger partial charge in [-0.3, -0.25) is 14.2 Å². The first kappa shape index (κ1) is 34.5. The van der Waals surface area contributed by atoms with E-state index >= 15 is 0 Å². The summed E-state index contributed by atoms with van der Waals surface area (Å²) in [5.74, 6) is 0. The average molecular weight is 517 g/mol. The van der Waals surface area contributed by atoms with Gasteiger partial charge in [0.25, 0.3) is 0 Å². The van der Waals surface area contributed by atoms with Crippen molar-refractivity contribution in [3.8, 4) is 0 Å². The number of likely N-dealkylation sites (N-methyl/N-ethyl adjacent to an activating group) is 1. The van der Waals surface area contributed by atoms with E-state index in [2.05, 4.69) is 13.8 Å². The van der Waals surface area contributed by atoms with Crippen LogP contribution in [0.15, 0.2) is 0 Å². The minimum Gasteiger partial charge on any atom is -0.329 e. The minimum absolute atomic E-state index is 0.174. The summed E-state index contributed by atoms with van der Waals surface area (Å²) in [6.07, 6.45) is 21.1. The molecule has 0 aliphatic heterocycles. The molecule has 0 amide bonds. The maximum Gasteiger partial charge on any atom is 0.330 e. The maximum atomic E-state index is 13.5. The van der Waals surface area contributed by atoms with Crippen LogP contribution in [0.2, 0.25) is 0 Å². The van der Waals surface area contributed by atoms with E-state index in [0.29, 0.717) is 23.9 Å². The molecule has 5 nitrogen and oxygen atoms in total. The minimum atomic E-state index is -3.92. The van der Waals surface area contributed by atoms with E-state index in [-0.39, 0.29) is 19.4 Å². The van der Waals surface area contributed by atoms with Crippen LogP contribution in [0.3, 0.4) is 0 Å². The Balaban J connectivity index is 4.47. The van der Waals surface area contributed by atoms with Gasteiger partial charge in [0.15, 0.2) is 0 Å². The summed E-state index contributed by atoms with van der Waals surface area (Å²) in [4.78, 5) is 25.8. The second-order valence-electron chi connectivity index (χ2n) is 11.3. The Hall–Kier alpha value is -0.510. The van der Waals surface area contributed by atoms with E-state index in [1.165, 1.54) is 77.0 Å². The molecule has 0 aromatic carbocycles. The van der Waals surface area contributed by atoms with Crippen LogP contribution in [0, 0.1) is 0 Å². The summed E-state index contributed by atoms with van der Waals surface area (Å²) in [6, 6.07) is 0. The largest absolute Gasteiger partial charge is 0.330 e. The first-order valence-corrected chi connectivity index (χ1v) is 16.4. The topological polar surface area (TPSA) is 60.4 Å². The number of carbonyl (C=O) groups is 2. The van der Waals surface area contributed by atoms with Gasteiger partial charge in [0.1, 0.15) is 13.2 Å². The fourth-order valence-electron chi connectivity index (χ4n) is 4.19. The third-order valence-electron chi connectivity index (χ3n) is 6.68. The Morgan fingerprint density at radius 3 is 1.20 bits per heavy atom. The molecule has 0 aromatic heterocycles. The van der Waals surface area contributed by atoms with E-state index < -0.39 is 18.4 Å². The van der Waals surface area contributed by atoms with E-state index in [0.717, 1.165) is 25.7 Å². The van der Waals surface area contributed by atoms with Crippen LogP contribution >= 0.6 is 7.37 Å². The van der Waals surface area contributed by atoms with Gasteiger partial charge in [-0.1, -0.05) is 117 Å². The molecular formula is C29H59NO4P+. The highest BCUT2D eigenvalue weighted by atomic mass is 31.2. The highest BCUT2D eigenvalue weighted by molar-refractivity contribution is 7.90. The Morgan fingerprint density at radius 2 is 0.886 bits per heavy atom. The molecular weight excluding hydrogens is 457 g/mol. The van der Waals surface area contributed by atoms with Crippen LogP contribution < -0.4 is 0 Å². The van der Waals surface area contributed by atoms with Crippen molar-refractivity contribution >= 4 is 18.4 Å². The van der Waals surface area contributed by atoms with E-state index in [1.807, 2.05) is 21.1 Å². The predicted octanol–water partition coefficient (Wildman–Crippen LogP) is 8.88. The lowest BCUT2D eigenvalue weighted by Crippen LogP contribution is -2.37. The summed E-state index contributed by atoms with van der Waals surface area (Å²) in [5, 5.41) is 0. The van der Waals surface area contributed by atoms with Crippen molar-refractivity contribution in [2.24, 2.45) is 0 Å². The summed E-state index contributed by atoms with van der Waals surface area (Å²) in [5.41, 5.74) is -0.912. The van der Waals surface area contributed by atoms with E-state index in [9.17, 15) is 14.2 Å². The Morgan fingerprint density at radius 1 is 0.571 bits per heavy atom. The van der Waals surface area contributed by atoms with Gasteiger partial charge >= 0.3 is 7.37 Å². The number of nitrogens with zero attached hydrogens (tertiary/aromatic N) is 1. The molecule has 0 fully saturated rings. The van der Waals surface area contributed by atoms with Crippen molar-refractivity contribution in [2.45, 2.75) is 142 Å². The monoisotopic (exact) mass is 516 g/mol. The van der Waals surface area contributed by atoms with Gasteiger partial charge in [-0.15, -0.1) is 0 Å². The summed E-state index contributed by atoms with van der Waals surface area (Å²) < 4.78 is 19.8. The van der Waals surface area contributed by atoms with Gasteiger partial charge < -0.3 is 9.01 Å². The molecule has 35 heavy (non-hydrogen) atoms. The van der Waals surface area contributed by atoms with Crippen LogP contribution in [0.5, 0.6) is 0 Å². The molecule has 0 atom stereocenters. The standard InChI is InChI=1S/C29H59NO4P/c1-6-8-10-12-14-16-18-20-22-24-28(31)35(33,34-27-26-30(3,4)5)29(32)25-23-21-19-17-15-13-11-9-7-2/h6-27H2,1-5H3/q+1. The van der Waals surface area contributed by atoms with Gasteiger partial charge in [0, 0.05) is 12.8 Å². The lowest BCUT2D eigenvalue weighted by molar-refractivity contribution is -0.870. The van der Waals surface area contributed by atoms with Crippen molar-refractivity contribution in [1.29, 1.82) is 0 Å². The molecule has 0 saturated carbocycles. The zero-order valence-electron chi connectivity index (χ0n) is 24.1. The normalized spacial score (nSPS) is 12.3. The molecule has 0 N–H and O–H groups in total. The van der Waals surface area contributed by atoms with Crippen LogP contribution in [-0.4, -0.2) is 49.8 Å². The van der Waals surface area contributed by atoms with Crippen molar-refractivity contribution in [1.82, 2.24) is 0 Å². The third-order valence-corrected chi connectivity index (χ3v) is 8.99. The van der Waals surface area contributed by atoms with Gasteiger partial charge in [-0.2, -0.15) is 0 Å². The lowest BCUT2D eigenvalue weighted by atomic mass is 10.1. The molecule has 0 heterocycles. The average Bonchev–Trinajstić information content (AvgIpc) is 2.80. The summed E-state index contributed by atoms with van der Waals surface area (Å²) in [6.45, 7) is 5.24. The van der Waals surface area contributed by atoms with E-state index in [4.69, 9.17) is 4.52 Å². The zero-order valence-corrected chi connectivity index (χ0v) is 25.0. The first-order valence-electron chi connectivity index (χ1n) is 14.8. The van der Waals surface area contributed by atoms with Gasteiger partial charge in [0.2, 0.25) is 11.0 Å². The highest BCUT2D eigenvalue weighted by Crippen LogP contribution is 2.51. The summed E-state index contributed by atoms with van der Waals surface area (Å²) >= 11 is 0. The highest BCUT2D eigenvalue weighted by Gasteiger charge is 2.40. The fraction of sp³-hybridized carbons (Fsp3) is 0.931. The molecule has 0 aromatic rings. The SMILES string of the molecule is CCCCCCCCCCCC(=O)P(=O)(OCC[N+](C)(C)C)C(=O)CCCCCCCCCCC. The Kier molecular flexibility index (Phi) is 21.2. The van der Waals surface area contributed by atoms with Crippen LogP contribution in [0.4, 0.5) is 0 Å². The van der Waals surface area contributed by atoms with Gasteiger partial charge in [-0.25, -0.2) is 0 Å². The quantitative estimate of drug-likeness (QED) is 0.0654. The van der Waals surface area contributed by atoms with Crippen molar-refractivity contribution in [3.63, 3.8) is 0 Å². The van der Waals surface area contributed by atoms with Gasteiger partial charge in [0.05, 0.1) is 21.1 Å². The molecule has 0 aliphatic carbocycles. The number of quaternary nitrogens is 1. The number of hydrogen-bond donors (Lipinski definition) is 0. The van der Waals surface area contributed by atoms with E-state index in [1.54, 1.807) is 0 Å². The number of hydrogen-bond acceptors (Lipinski definition) is 4. The van der Waals surface area contributed by atoms with Crippen LogP contribution in [0.1, 0.15) is 142 Å². The van der Waals surface area contributed by atoms with Crippen molar-refractivity contribution < 1.29 is 23.2 Å². The molecule has 0 radical (unpaired) electrons. The first-order chi connectivity index (χ1) is 16.7. The smallest absolute Gasteiger partial charge is 0.329 e. The fourth-order valence-corrected chi connectivity index (χ4v) is 6.00. The second-order valence-corrected chi connectivity index (χ2v) is 13.7. The zero-order chi connectivity index (χ0) is 26.4. The van der Waals surface area contributed by atoms with Crippen LogP contribution in [-0.2, 0) is 18.7 Å². The Labute approximate surface area is 218 Å². The molecule has 0 unspecified atom stereocenters. The predicted molar refractivity (Wildman–Crippen MR) is 150 cm³/mol. The van der Waals surface area contributed by atoms with Crippen molar-refractivity contribution in [2.75, 3.05) is 34.3 Å². The number of carbonyl (C=O) groups excluding carboxylic acids is 2. The second kappa shape index (κ2) is 21.6. The molecule has 0 spiro atoms. The molecule has 0 aliphatic rings. The molecule has 0 rings (SSSR count). The molecule has 208 valence electrons. The summed E-state index contributed by atoms with van der Waals surface area (Å²) in [7, 11) is 2.13. The molecule has 0 saturated heterocycles. The van der Waals surface area contributed by atoms with Crippen LogP contribution in [0.25, 0.3) is 0 Å². The molecule has 6 heteroatoms. The Bertz CT molecular complexity index is 548. The molecule has 0 bridgehead atoms.